The molecular formula is C17H19Cl2N2O7P. The summed E-state index contributed by atoms with van der Waals surface area (Å²) in [5.74, 6) is 0.851. The number of nitro groups is 1. The average molecular weight is 465 g/mol. The van der Waals surface area contributed by atoms with Gasteiger partial charge >= 0.3 is 7.60 Å². The van der Waals surface area contributed by atoms with Crippen LogP contribution in [0.2, 0.25) is 10.0 Å². The van der Waals surface area contributed by atoms with E-state index in [1.165, 1.54) is 58.1 Å². The molecule has 0 aromatic heterocycles. The van der Waals surface area contributed by atoms with E-state index in [2.05, 4.69) is 5.32 Å². The quantitative estimate of drug-likeness (QED) is 0.210. The first kappa shape index (κ1) is 23.3. The molecule has 0 amide bonds. The predicted molar refractivity (Wildman–Crippen MR) is 111 cm³/mol. The third kappa shape index (κ3) is 6.22. The van der Waals surface area contributed by atoms with Crippen molar-refractivity contribution in [3.8, 4) is 17.2 Å². The van der Waals surface area contributed by atoms with E-state index in [0.29, 0.717) is 10.8 Å². The maximum atomic E-state index is 12.0. The smallest absolute Gasteiger partial charge is 0.329 e. The number of ether oxygens (including phenoxy) is 2. The molecule has 2 rings (SSSR count). The number of rotatable bonds is 9. The van der Waals surface area contributed by atoms with Gasteiger partial charge in [0.05, 0.1) is 22.1 Å². The highest BCUT2D eigenvalue weighted by Gasteiger charge is 2.22. The lowest BCUT2D eigenvalue weighted by molar-refractivity contribution is -0.384. The Labute approximate surface area is 177 Å². The van der Waals surface area contributed by atoms with Crippen molar-refractivity contribution in [3.63, 3.8) is 0 Å². The van der Waals surface area contributed by atoms with Gasteiger partial charge in [0.25, 0.3) is 5.69 Å². The van der Waals surface area contributed by atoms with Crippen LogP contribution in [0.4, 0.5) is 11.4 Å². The molecule has 9 nitrogen and oxygen atoms in total. The van der Waals surface area contributed by atoms with Gasteiger partial charge in [-0.1, -0.05) is 23.2 Å². The second kappa shape index (κ2) is 9.65. The van der Waals surface area contributed by atoms with E-state index in [4.69, 9.17) is 41.7 Å². The fourth-order valence-corrected chi connectivity index (χ4v) is 3.51. The molecule has 0 aliphatic rings. The average Bonchev–Trinajstić information content (AvgIpc) is 2.63. The third-order valence-corrected chi connectivity index (χ3v) is 5.59. The predicted octanol–water partition coefficient (Wildman–Crippen LogP) is 5.95. The van der Waals surface area contributed by atoms with Crippen molar-refractivity contribution in [2.75, 3.05) is 26.2 Å². The second-order valence-corrected chi connectivity index (χ2v) is 8.73. The van der Waals surface area contributed by atoms with Gasteiger partial charge in [0.2, 0.25) is 0 Å². The van der Waals surface area contributed by atoms with Crippen LogP contribution in [0.1, 0.15) is 6.92 Å². The Balaban J connectivity index is 2.33. The summed E-state index contributed by atoms with van der Waals surface area (Å²) >= 11 is 12.2. The summed E-state index contributed by atoms with van der Waals surface area (Å²) in [7, 11) is -0.610. The minimum absolute atomic E-state index is 0.0909. The number of hydrogen-bond donors (Lipinski definition) is 1. The second-order valence-electron chi connectivity index (χ2n) is 5.80. The van der Waals surface area contributed by atoms with E-state index in [1.54, 1.807) is 0 Å². The molecular weight excluding hydrogens is 446 g/mol. The molecule has 0 fully saturated rings. The lowest BCUT2D eigenvalue weighted by Gasteiger charge is -2.20. The van der Waals surface area contributed by atoms with Crippen molar-refractivity contribution >= 4 is 42.2 Å². The summed E-state index contributed by atoms with van der Waals surface area (Å²) in [6, 6.07) is 7.01. The minimum atomic E-state index is -3.30. The zero-order chi connectivity index (χ0) is 21.8. The lowest BCUT2D eigenvalue weighted by atomic mass is 10.2. The first-order chi connectivity index (χ1) is 13.6. The molecule has 0 saturated heterocycles. The molecule has 0 aliphatic heterocycles. The zero-order valence-electron chi connectivity index (χ0n) is 16.0. The van der Waals surface area contributed by atoms with Crippen molar-refractivity contribution in [3.05, 3.63) is 50.5 Å². The fraction of sp³-hybridized carbons (Fsp3) is 0.294. The maximum absolute atomic E-state index is 12.0. The Kier molecular flexibility index (Phi) is 7.73. The Morgan fingerprint density at radius 2 is 1.79 bits per heavy atom. The third-order valence-electron chi connectivity index (χ3n) is 3.64. The topological polar surface area (TPSA) is 109 Å². The normalized spacial score (nSPS) is 14.0. The van der Waals surface area contributed by atoms with Crippen molar-refractivity contribution in [1.82, 2.24) is 0 Å². The first-order valence-corrected chi connectivity index (χ1v) is 10.9. The number of halogens is 2. The Bertz CT molecular complexity index is 958. The van der Waals surface area contributed by atoms with E-state index in [9.17, 15) is 14.7 Å². The van der Waals surface area contributed by atoms with Crippen molar-refractivity contribution in [2.24, 2.45) is 0 Å². The van der Waals surface area contributed by atoms with Gasteiger partial charge in [-0.3, -0.25) is 19.2 Å². The number of benzene rings is 2. The number of nitro benzene ring substituents is 1. The van der Waals surface area contributed by atoms with Gasteiger partial charge in [0, 0.05) is 32.0 Å². The van der Waals surface area contributed by atoms with E-state index < -0.39 is 18.7 Å². The van der Waals surface area contributed by atoms with Crippen molar-refractivity contribution in [2.45, 2.75) is 13.2 Å². The lowest BCUT2D eigenvalue weighted by Crippen LogP contribution is -2.18. The van der Waals surface area contributed by atoms with Crippen LogP contribution in [0.5, 0.6) is 17.2 Å². The molecule has 0 aliphatic carbocycles. The molecule has 1 N–H and O–H groups in total. The Morgan fingerprint density at radius 1 is 1.14 bits per heavy atom. The van der Waals surface area contributed by atoms with Gasteiger partial charge in [-0.05, 0) is 19.1 Å². The Morgan fingerprint density at radius 3 is 2.38 bits per heavy atom. The first-order valence-electron chi connectivity index (χ1n) is 8.13. The summed E-state index contributed by atoms with van der Waals surface area (Å²) in [6.45, 7) is 2.82. The molecule has 0 radical (unpaired) electrons. The summed E-state index contributed by atoms with van der Waals surface area (Å²) in [5.41, 5.74) is -0.135. The number of hydrogen-bond acceptors (Lipinski definition) is 8. The largest absolute Gasteiger partial charge is 0.495 e. The molecule has 0 saturated carbocycles. The van der Waals surface area contributed by atoms with E-state index in [1.807, 2.05) is 0 Å². The summed E-state index contributed by atoms with van der Waals surface area (Å²) < 4.78 is 32.8. The fourth-order valence-electron chi connectivity index (χ4n) is 2.30. The Hall–Kier alpha value is -2.03. The zero-order valence-corrected chi connectivity index (χ0v) is 18.4. The maximum Gasteiger partial charge on any atom is 0.329 e. The number of nitrogens with one attached hydrogen (secondary N) is 1. The highest BCUT2D eigenvalue weighted by Crippen LogP contribution is 2.44. The number of anilines is 1. The van der Waals surface area contributed by atoms with Crippen LogP contribution in [0.15, 0.2) is 30.3 Å². The summed E-state index contributed by atoms with van der Waals surface area (Å²) in [5, 5.41) is 14.7. The standard InChI is InChI=1S/C17H19Cl2N2O7P/c1-10(28-29(4,24)26-3)20-14-7-11(5-6-15(14)21(22)23)27-17-9-16(25-2)12(18)8-13(17)19/h5-10,20H,1-4H3. The molecule has 2 aromatic rings. The van der Waals surface area contributed by atoms with Gasteiger partial charge in [0.15, 0.2) is 0 Å². The molecule has 0 bridgehead atoms. The van der Waals surface area contributed by atoms with Gasteiger partial charge in [0.1, 0.15) is 29.2 Å². The van der Waals surface area contributed by atoms with Crippen molar-refractivity contribution in [1.29, 1.82) is 0 Å². The molecule has 0 heterocycles. The van der Waals surface area contributed by atoms with Crippen LogP contribution in [0.25, 0.3) is 0 Å². The number of nitrogens with zero attached hydrogens (tertiary/aromatic N) is 1. The van der Waals surface area contributed by atoms with Crippen LogP contribution in [0.3, 0.4) is 0 Å². The molecule has 158 valence electrons. The monoisotopic (exact) mass is 464 g/mol. The SMILES string of the molecule is COc1cc(Oc2ccc([N+](=O)[O-])c(NC(C)OP(C)(=O)OC)c2)c(Cl)cc1Cl. The highest BCUT2D eigenvalue weighted by molar-refractivity contribution is 7.52. The van der Waals surface area contributed by atoms with Crippen LogP contribution in [-0.4, -0.2) is 32.0 Å². The molecule has 29 heavy (non-hydrogen) atoms. The van der Waals surface area contributed by atoms with Gasteiger partial charge < -0.3 is 19.3 Å². The molecule has 2 unspecified atom stereocenters. The number of methoxy groups -OCH3 is 1. The summed E-state index contributed by atoms with van der Waals surface area (Å²) in [6.07, 6.45) is -0.848. The highest BCUT2D eigenvalue weighted by atomic mass is 35.5. The van der Waals surface area contributed by atoms with Crippen LogP contribution in [0, 0.1) is 10.1 Å². The van der Waals surface area contributed by atoms with Crippen LogP contribution >= 0.6 is 30.8 Å². The molecule has 0 spiro atoms. The van der Waals surface area contributed by atoms with Gasteiger partial charge in [-0.15, -0.1) is 0 Å². The van der Waals surface area contributed by atoms with E-state index in [-0.39, 0.29) is 27.9 Å². The molecule has 12 heteroatoms. The van der Waals surface area contributed by atoms with E-state index in [0.717, 1.165) is 0 Å². The minimum Gasteiger partial charge on any atom is -0.495 e. The van der Waals surface area contributed by atoms with Crippen LogP contribution < -0.4 is 14.8 Å². The van der Waals surface area contributed by atoms with Crippen molar-refractivity contribution < 1.29 is 28.0 Å². The van der Waals surface area contributed by atoms with Gasteiger partial charge in [-0.2, -0.15) is 0 Å². The van der Waals surface area contributed by atoms with Gasteiger partial charge in [-0.25, -0.2) is 0 Å². The molecule has 2 aromatic carbocycles. The molecule has 2 atom stereocenters. The van der Waals surface area contributed by atoms with E-state index >= 15 is 0 Å². The summed E-state index contributed by atoms with van der Waals surface area (Å²) in [4.78, 5) is 10.8. The van der Waals surface area contributed by atoms with Crippen LogP contribution in [-0.2, 0) is 13.6 Å².